The normalized spacial score (nSPS) is 16.6. The highest BCUT2D eigenvalue weighted by Crippen LogP contribution is 2.37. The lowest BCUT2D eigenvalue weighted by atomic mass is 10.3. The number of aliphatic hydroxyl groups excluding tert-OH is 1. The Morgan fingerprint density at radius 2 is 2.20 bits per heavy atom. The minimum atomic E-state index is -3.69. The van der Waals surface area contributed by atoms with Crippen LogP contribution in [0.25, 0.3) is 0 Å². The number of hydrogen-bond donors (Lipinski definition) is 2. The lowest BCUT2D eigenvalue weighted by Gasteiger charge is -2.21. The molecule has 1 heterocycles. The van der Waals surface area contributed by atoms with Gasteiger partial charge >= 0.3 is 0 Å². The van der Waals surface area contributed by atoms with E-state index >= 15 is 0 Å². The van der Waals surface area contributed by atoms with Crippen molar-refractivity contribution in [2.45, 2.75) is 23.1 Å². The number of hydrogen-bond acceptors (Lipinski definition) is 6. The van der Waals surface area contributed by atoms with Gasteiger partial charge in [-0.05, 0) is 25.3 Å². The largest absolute Gasteiger partial charge is 0.395 e. The average molecular weight is 333 g/mol. The van der Waals surface area contributed by atoms with Crippen LogP contribution in [0.2, 0.25) is 0 Å². The monoisotopic (exact) mass is 333 g/mol. The van der Waals surface area contributed by atoms with Crippen LogP contribution in [0.5, 0.6) is 0 Å². The Hall–Kier alpha value is -0.740. The Kier molecular flexibility index (Phi) is 4.97. The lowest BCUT2D eigenvalue weighted by Crippen LogP contribution is -2.41. The van der Waals surface area contributed by atoms with Gasteiger partial charge in [-0.25, -0.2) is 13.1 Å². The van der Waals surface area contributed by atoms with Crippen molar-refractivity contribution in [1.29, 1.82) is 0 Å². The van der Waals surface area contributed by atoms with Gasteiger partial charge < -0.3 is 5.11 Å². The van der Waals surface area contributed by atoms with E-state index in [9.17, 15) is 13.5 Å². The maximum Gasteiger partial charge on any atom is 0.243 e. The Morgan fingerprint density at radius 1 is 1.45 bits per heavy atom. The van der Waals surface area contributed by atoms with Crippen LogP contribution in [0.1, 0.15) is 6.92 Å². The number of fused-ring (bicyclic) bond motifs is 1. The molecular formula is C11H15N3O3S3. The van der Waals surface area contributed by atoms with Crippen LogP contribution >= 0.6 is 11.8 Å². The van der Waals surface area contributed by atoms with Crippen molar-refractivity contribution in [3.8, 4) is 0 Å². The summed E-state index contributed by atoms with van der Waals surface area (Å²) in [7, 11) is -3.69. The zero-order valence-electron chi connectivity index (χ0n) is 11.0. The van der Waals surface area contributed by atoms with Crippen molar-refractivity contribution in [3.63, 3.8) is 0 Å². The van der Waals surface area contributed by atoms with E-state index in [1.165, 1.54) is 17.8 Å². The molecule has 0 saturated heterocycles. The van der Waals surface area contributed by atoms with Crippen molar-refractivity contribution in [2.24, 2.45) is 8.73 Å². The summed E-state index contributed by atoms with van der Waals surface area (Å²) in [5, 5.41) is 9.03. The predicted octanol–water partition coefficient (Wildman–Crippen LogP) is 1.80. The number of aliphatic hydroxyl groups is 1. The zero-order valence-corrected chi connectivity index (χ0v) is 13.4. The standard InChI is InChI=1S/C11H15N3O3S3/c1-7(9(6-15)18-2)14-20(16,17)10-5-3-4-8-11(10)13-19-12-8/h3-5,7,9,14-15H,6H2,1-2H3. The fourth-order valence-corrected chi connectivity index (χ4v) is 4.58. The number of benzene rings is 1. The van der Waals surface area contributed by atoms with Gasteiger partial charge in [-0.3, -0.25) is 0 Å². The minimum absolute atomic E-state index is 0.0900. The van der Waals surface area contributed by atoms with E-state index in [0.29, 0.717) is 11.4 Å². The topological polar surface area (TPSA) is 91.1 Å². The summed E-state index contributed by atoms with van der Waals surface area (Å²) in [5.41, 5.74) is 0.941. The number of thioether (sulfide) groups is 1. The SMILES string of the molecule is CSC(CO)C(C)NS(=O)(=O)c1cccc2c1N=S=N2. The Balaban J connectivity index is 2.29. The van der Waals surface area contributed by atoms with Crippen molar-refractivity contribution < 1.29 is 13.5 Å². The first-order chi connectivity index (χ1) is 9.49. The summed E-state index contributed by atoms with van der Waals surface area (Å²) < 4.78 is 35.5. The highest BCUT2D eigenvalue weighted by molar-refractivity contribution is 7.99. The van der Waals surface area contributed by atoms with E-state index in [2.05, 4.69) is 13.4 Å². The highest BCUT2D eigenvalue weighted by atomic mass is 32.2. The van der Waals surface area contributed by atoms with Crippen LogP contribution in [0.4, 0.5) is 11.4 Å². The molecule has 2 rings (SSSR count). The van der Waals surface area contributed by atoms with Gasteiger partial charge in [0.2, 0.25) is 10.0 Å². The van der Waals surface area contributed by atoms with Crippen LogP contribution in [0.15, 0.2) is 31.8 Å². The average Bonchev–Trinajstić information content (AvgIpc) is 2.87. The van der Waals surface area contributed by atoms with Crippen LogP contribution in [-0.2, 0) is 21.4 Å². The van der Waals surface area contributed by atoms with Gasteiger partial charge in [0.25, 0.3) is 0 Å². The maximum absolute atomic E-state index is 12.4. The summed E-state index contributed by atoms with van der Waals surface area (Å²) >= 11 is 2.40. The van der Waals surface area contributed by atoms with E-state index in [4.69, 9.17) is 0 Å². The van der Waals surface area contributed by atoms with Crippen molar-refractivity contribution in [1.82, 2.24) is 4.72 Å². The van der Waals surface area contributed by atoms with E-state index in [-0.39, 0.29) is 22.8 Å². The summed E-state index contributed by atoms with van der Waals surface area (Å²) in [4.78, 5) is 0.119. The summed E-state index contributed by atoms with van der Waals surface area (Å²) in [6, 6.07) is 4.48. The summed E-state index contributed by atoms with van der Waals surface area (Å²) in [6.45, 7) is 1.64. The second-order valence-corrected chi connectivity index (χ2v) is 7.54. The molecular weight excluding hydrogens is 318 g/mol. The zero-order chi connectivity index (χ0) is 14.8. The van der Waals surface area contributed by atoms with Gasteiger partial charge in [-0.2, -0.15) is 20.5 Å². The van der Waals surface area contributed by atoms with Gasteiger partial charge in [0.1, 0.15) is 16.3 Å². The van der Waals surface area contributed by atoms with Gasteiger partial charge in [0.15, 0.2) is 0 Å². The molecule has 1 aliphatic heterocycles. The first kappa shape index (κ1) is 15.6. The Morgan fingerprint density at radius 3 is 2.85 bits per heavy atom. The minimum Gasteiger partial charge on any atom is -0.395 e. The smallest absolute Gasteiger partial charge is 0.243 e. The quantitative estimate of drug-likeness (QED) is 0.843. The van der Waals surface area contributed by atoms with Crippen molar-refractivity contribution in [2.75, 3.05) is 12.9 Å². The molecule has 0 fully saturated rings. The van der Waals surface area contributed by atoms with E-state index < -0.39 is 10.0 Å². The molecule has 1 aliphatic rings. The van der Waals surface area contributed by atoms with Crippen LogP contribution < -0.4 is 4.72 Å². The van der Waals surface area contributed by atoms with Crippen LogP contribution in [0.3, 0.4) is 0 Å². The maximum atomic E-state index is 12.4. The van der Waals surface area contributed by atoms with Crippen LogP contribution in [-0.4, -0.2) is 37.7 Å². The third-order valence-corrected chi connectivity index (χ3v) is 6.22. The van der Waals surface area contributed by atoms with E-state index in [1.54, 1.807) is 19.1 Å². The van der Waals surface area contributed by atoms with Gasteiger partial charge in [-0.15, -0.1) is 0 Å². The molecule has 2 unspecified atom stereocenters. The molecule has 0 bridgehead atoms. The second-order valence-electron chi connectivity index (χ2n) is 4.25. The number of nitrogens with one attached hydrogen (secondary N) is 1. The summed E-state index contributed by atoms with van der Waals surface area (Å²) in [5.74, 6) is 0. The lowest BCUT2D eigenvalue weighted by molar-refractivity contribution is 0.282. The van der Waals surface area contributed by atoms with Gasteiger partial charge in [-0.1, -0.05) is 6.07 Å². The first-order valence-corrected chi connectivity index (χ1v) is 9.37. The van der Waals surface area contributed by atoms with Gasteiger partial charge in [0.05, 0.1) is 18.0 Å². The molecule has 1 aromatic rings. The second kappa shape index (κ2) is 6.35. The predicted molar refractivity (Wildman–Crippen MR) is 82.2 cm³/mol. The van der Waals surface area contributed by atoms with E-state index in [0.717, 1.165) is 11.4 Å². The molecule has 0 saturated carbocycles. The number of nitrogens with zero attached hydrogens (tertiary/aromatic N) is 2. The molecule has 0 aliphatic carbocycles. The molecule has 2 atom stereocenters. The van der Waals surface area contributed by atoms with Gasteiger partial charge in [0, 0.05) is 11.3 Å². The fourth-order valence-electron chi connectivity index (χ4n) is 1.82. The molecule has 0 radical (unpaired) electrons. The number of rotatable bonds is 6. The third kappa shape index (κ3) is 3.12. The fraction of sp³-hybridized carbons (Fsp3) is 0.455. The van der Waals surface area contributed by atoms with E-state index in [1.807, 2.05) is 6.26 Å². The molecule has 1 aromatic carbocycles. The molecule has 9 heteroatoms. The molecule has 20 heavy (non-hydrogen) atoms. The van der Waals surface area contributed by atoms with Crippen molar-refractivity contribution in [3.05, 3.63) is 18.2 Å². The van der Waals surface area contributed by atoms with Crippen molar-refractivity contribution >= 4 is 44.5 Å². The summed E-state index contributed by atoms with van der Waals surface area (Å²) in [6.07, 6.45) is 1.83. The Bertz CT molecular complexity index is 665. The Labute approximate surface area is 125 Å². The third-order valence-electron chi connectivity index (χ3n) is 2.92. The number of sulfonamides is 1. The molecule has 110 valence electrons. The molecule has 0 spiro atoms. The molecule has 0 amide bonds. The first-order valence-electron chi connectivity index (χ1n) is 5.87. The molecule has 2 N–H and O–H groups in total. The molecule has 6 nitrogen and oxygen atoms in total. The molecule has 0 aromatic heterocycles. The van der Waals surface area contributed by atoms with Crippen LogP contribution in [0, 0.1) is 0 Å². The highest BCUT2D eigenvalue weighted by Gasteiger charge is 2.26.